The predicted octanol–water partition coefficient (Wildman–Crippen LogP) is 2.49. The van der Waals surface area contributed by atoms with E-state index in [4.69, 9.17) is 17.3 Å². The minimum absolute atomic E-state index is 0.183. The minimum Gasteiger partial charge on any atom is -0.369 e. The fourth-order valence-corrected chi connectivity index (χ4v) is 1.50. The zero-order valence-electron chi connectivity index (χ0n) is 12.0. The number of nitrogens with two attached hydrogens (primary N) is 1. The second-order valence-corrected chi connectivity index (χ2v) is 5.96. The second kappa shape index (κ2) is 5.74. The number of amides is 1. The van der Waals surface area contributed by atoms with E-state index in [2.05, 4.69) is 15.3 Å². The van der Waals surface area contributed by atoms with Gasteiger partial charge in [-0.3, -0.25) is 4.79 Å². The van der Waals surface area contributed by atoms with Gasteiger partial charge < -0.3 is 11.1 Å². The van der Waals surface area contributed by atoms with Gasteiger partial charge in [0.25, 0.3) is 0 Å². The first-order valence-corrected chi connectivity index (χ1v) is 6.60. The number of halogens is 1. The molecular formula is C13H21ClN4O. The third-order valence-electron chi connectivity index (χ3n) is 2.98. The highest BCUT2D eigenvalue weighted by Crippen LogP contribution is 2.24. The number of carbonyl (C=O) groups excluding carboxylic acids is 1. The van der Waals surface area contributed by atoms with E-state index in [0.717, 1.165) is 5.56 Å². The van der Waals surface area contributed by atoms with Gasteiger partial charge in [-0.25, -0.2) is 9.97 Å². The molecule has 0 spiro atoms. The average molecular weight is 285 g/mol. The fourth-order valence-electron chi connectivity index (χ4n) is 1.33. The quantitative estimate of drug-likeness (QED) is 0.814. The lowest BCUT2D eigenvalue weighted by Crippen LogP contribution is -2.37. The van der Waals surface area contributed by atoms with E-state index in [-0.39, 0.29) is 11.8 Å². The summed E-state index contributed by atoms with van der Waals surface area (Å²) in [6.07, 6.45) is 0. The van der Waals surface area contributed by atoms with Crippen molar-refractivity contribution in [3.8, 4) is 0 Å². The lowest BCUT2D eigenvalue weighted by atomic mass is 9.93. The monoisotopic (exact) mass is 284 g/mol. The van der Waals surface area contributed by atoms with Crippen molar-refractivity contribution in [3.05, 3.63) is 16.5 Å². The first kappa shape index (κ1) is 15.7. The molecule has 1 heterocycles. The van der Waals surface area contributed by atoms with E-state index in [1.807, 2.05) is 20.8 Å². The van der Waals surface area contributed by atoms with Gasteiger partial charge in [0.15, 0.2) is 0 Å². The normalized spacial score (nSPS) is 11.7. The maximum Gasteiger partial charge on any atom is 0.224 e. The molecule has 0 bridgehead atoms. The van der Waals surface area contributed by atoms with Crippen molar-refractivity contribution in [1.29, 1.82) is 0 Å². The highest BCUT2D eigenvalue weighted by Gasteiger charge is 2.25. The molecule has 1 aromatic rings. The van der Waals surface area contributed by atoms with Crippen LogP contribution < -0.4 is 11.1 Å². The zero-order chi connectivity index (χ0) is 14.8. The summed E-state index contributed by atoms with van der Waals surface area (Å²) >= 11 is 6.09. The van der Waals surface area contributed by atoms with Crippen LogP contribution >= 0.6 is 11.6 Å². The molecule has 1 rings (SSSR count). The van der Waals surface area contributed by atoms with Crippen molar-refractivity contribution in [2.24, 2.45) is 11.1 Å². The van der Waals surface area contributed by atoms with Crippen LogP contribution in [-0.4, -0.2) is 22.4 Å². The van der Waals surface area contributed by atoms with Gasteiger partial charge in [-0.15, -0.1) is 0 Å². The number of hydrogen-bond donors (Lipinski definition) is 2. The van der Waals surface area contributed by atoms with Crippen LogP contribution in [0.15, 0.2) is 0 Å². The van der Waals surface area contributed by atoms with E-state index in [9.17, 15) is 4.79 Å². The molecule has 0 saturated carbocycles. The minimum atomic E-state index is -0.651. The van der Waals surface area contributed by atoms with E-state index < -0.39 is 5.41 Å². The van der Waals surface area contributed by atoms with Gasteiger partial charge in [-0.1, -0.05) is 25.4 Å². The van der Waals surface area contributed by atoms with Crippen LogP contribution in [0.4, 0.5) is 5.82 Å². The van der Waals surface area contributed by atoms with Crippen molar-refractivity contribution >= 4 is 23.3 Å². The third kappa shape index (κ3) is 3.80. The van der Waals surface area contributed by atoms with Crippen LogP contribution in [0.2, 0.25) is 5.15 Å². The Labute approximate surface area is 119 Å². The molecule has 0 aliphatic carbocycles. The molecule has 19 heavy (non-hydrogen) atoms. The summed E-state index contributed by atoms with van der Waals surface area (Å²) in [6.45, 7) is 9.80. The van der Waals surface area contributed by atoms with Gasteiger partial charge in [0, 0.05) is 18.0 Å². The highest BCUT2D eigenvalue weighted by molar-refractivity contribution is 6.30. The smallest absolute Gasteiger partial charge is 0.224 e. The number of nitrogens with one attached hydrogen (secondary N) is 1. The van der Waals surface area contributed by atoms with Gasteiger partial charge in [-0.05, 0) is 20.8 Å². The topological polar surface area (TPSA) is 80.9 Å². The molecule has 0 fully saturated rings. The SMILES string of the molecule is Cc1c(Cl)nc(C(C)C)nc1NCC(C)(C)C(N)=O. The summed E-state index contributed by atoms with van der Waals surface area (Å²) in [4.78, 5) is 20.0. The summed E-state index contributed by atoms with van der Waals surface area (Å²) in [6, 6.07) is 0. The molecule has 6 heteroatoms. The van der Waals surface area contributed by atoms with Crippen molar-refractivity contribution in [3.63, 3.8) is 0 Å². The number of aromatic nitrogens is 2. The Hall–Kier alpha value is -1.36. The molecule has 1 amide bonds. The van der Waals surface area contributed by atoms with Crippen LogP contribution in [0.5, 0.6) is 0 Å². The van der Waals surface area contributed by atoms with Gasteiger partial charge in [0.1, 0.15) is 16.8 Å². The Kier molecular flexibility index (Phi) is 4.74. The predicted molar refractivity (Wildman–Crippen MR) is 77.3 cm³/mol. The van der Waals surface area contributed by atoms with Crippen LogP contribution in [-0.2, 0) is 4.79 Å². The van der Waals surface area contributed by atoms with E-state index in [1.54, 1.807) is 13.8 Å². The van der Waals surface area contributed by atoms with Crippen LogP contribution in [0.3, 0.4) is 0 Å². The molecule has 0 radical (unpaired) electrons. The van der Waals surface area contributed by atoms with Crippen LogP contribution in [0, 0.1) is 12.3 Å². The summed E-state index contributed by atoms with van der Waals surface area (Å²) in [5, 5.41) is 3.56. The number of nitrogens with zero attached hydrogens (tertiary/aromatic N) is 2. The Bertz CT molecular complexity index is 486. The average Bonchev–Trinajstić information content (AvgIpc) is 2.30. The van der Waals surface area contributed by atoms with Gasteiger partial charge in [0.05, 0.1) is 5.41 Å². The Morgan fingerprint density at radius 2 is 2.00 bits per heavy atom. The van der Waals surface area contributed by atoms with Crippen molar-refractivity contribution < 1.29 is 4.79 Å². The molecule has 0 aliphatic rings. The Balaban J connectivity index is 2.98. The molecule has 5 nitrogen and oxygen atoms in total. The summed E-state index contributed by atoms with van der Waals surface area (Å²) in [5.41, 5.74) is 5.46. The second-order valence-electron chi connectivity index (χ2n) is 5.60. The number of primary amides is 1. The van der Waals surface area contributed by atoms with E-state index in [1.165, 1.54) is 0 Å². The van der Waals surface area contributed by atoms with E-state index in [0.29, 0.717) is 23.3 Å². The molecule has 0 saturated heterocycles. The first-order valence-electron chi connectivity index (χ1n) is 6.23. The summed E-state index contributed by atoms with van der Waals surface area (Å²) in [5.74, 6) is 1.15. The molecule has 0 aliphatic heterocycles. The standard InChI is InChI=1S/C13H21ClN4O/c1-7(2)10-17-9(14)8(3)11(18-10)16-6-13(4,5)12(15)19/h7H,6H2,1-5H3,(H2,15,19)(H,16,17,18). The van der Waals surface area contributed by atoms with Crippen LogP contribution in [0.1, 0.15) is 45.0 Å². The zero-order valence-corrected chi connectivity index (χ0v) is 12.8. The van der Waals surface area contributed by atoms with Gasteiger partial charge in [-0.2, -0.15) is 0 Å². The molecule has 1 aromatic heterocycles. The maximum atomic E-state index is 11.3. The van der Waals surface area contributed by atoms with Crippen LogP contribution in [0.25, 0.3) is 0 Å². The van der Waals surface area contributed by atoms with Crippen molar-refractivity contribution in [2.45, 2.75) is 40.5 Å². The molecule has 106 valence electrons. The number of carbonyl (C=O) groups is 1. The number of hydrogen-bond acceptors (Lipinski definition) is 4. The molecule has 0 aromatic carbocycles. The fraction of sp³-hybridized carbons (Fsp3) is 0.615. The molecule has 3 N–H and O–H groups in total. The van der Waals surface area contributed by atoms with E-state index >= 15 is 0 Å². The third-order valence-corrected chi connectivity index (χ3v) is 3.35. The maximum absolute atomic E-state index is 11.3. The Morgan fingerprint density at radius 3 is 2.47 bits per heavy atom. The summed E-state index contributed by atoms with van der Waals surface area (Å²) in [7, 11) is 0. The molecular weight excluding hydrogens is 264 g/mol. The Morgan fingerprint density at radius 1 is 1.42 bits per heavy atom. The van der Waals surface area contributed by atoms with Gasteiger partial charge >= 0.3 is 0 Å². The first-order chi connectivity index (χ1) is 8.65. The highest BCUT2D eigenvalue weighted by atomic mass is 35.5. The summed E-state index contributed by atoms with van der Waals surface area (Å²) < 4.78 is 0. The van der Waals surface area contributed by atoms with Crippen molar-refractivity contribution in [1.82, 2.24) is 9.97 Å². The lowest BCUT2D eigenvalue weighted by molar-refractivity contribution is -0.125. The van der Waals surface area contributed by atoms with Gasteiger partial charge in [0.2, 0.25) is 5.91 Å². The van der Waals surface area contributed by atoms with Crippen molar-refractivity contribution in [2.75, 3.05) is 11.9 Å². The lowest BCUT2D eigenvalue weighted by Gasteiger charge is -2.22. The number of rotatable bonds is 5. The molecule has 0 unspecified atom stereocenters. The largest absolute Gasteiger partial charge is 0.369 e. The molecule has 0 atom stereocenters. The number of anilines is 1.